The third-order valence-corrected chi connectivity index (χ3v) is 4.33. The summed E-state index contributed by atoms with van der Waals surface area (Å²) in [5, 5.41) is 0. The first-order chi connectivity index (χ1) is 9.58. The summed E-state index contributed by atoms with van der Waals surface area (Å²) in [6.07, 6.45) is 2.19. The number of benzene rings is 1. The van der Waals surface area contributed by atoms with Gasteiger partial charge < -0.3 is 10.3 Å². The van der Waals surface area contributed by atoms with Crippen molar-refractivity contribution in [3.05, 3.63) is 41.3 Å². The average molecular weight is 269 g/mol. The van der Waals surface area contributed by atoms with Gasteiger partial charge >= 0.3 is 0 Å². The van der Waals surface area contributed by atoms with E-state index in [0.717, 1.165) is 30.9 Å². The SMILES string of the molecule is Cc1c(-c2ccc(C(C)C)cc2)nc2n1CCCC2N. The highest BCUT2D eigenvalue weighted by atomic mass is 15.1. The van der Waals surface area contributed by atoms with Gasteiger partial charge in [-0.2, -0.15) is 0 Å². The van der Waals surface area contributed by atoms with Gasteiger partial charge in [0, 0.05) is 17.8 Å². The van der Waals surface area contributed by atoms with Gasteiger partial charge in [0.15, 0.2) is 0 Å². The quantitative estimate of drug-likeness (QED) is 0.901. The molecule has 1 aliphatic heterocycles. The van der Waals surface area contributed by atoms with Crippen LogP contribution in [-0.2, 0) is 6.54 Å². The molecule has 1 atom stereocenters. The van der Waals surface area contributed by atoms with Gasteiger partial charge in [-0.05, 0) is 31.2 Å². The Hall–Kier alpha value is -1.61. The maximum Gasteiger partial charge on any atom is 0.126 e. The van der Waals surface area contributed by atoms with Gasteiger partial charge in [0.1, 0.15) is 5.82 Å². The van der Waals surface area contributed by atoms with Gasteiger partial charge in [-0.3, -0.25) is 0 Å². The van der Waals surface area contributed by atoms with Crippen LogP contribution >= 0.6 is 0 Å². The van der Waals surface area contributed by atoms with Crippen molar-refractivity contribution in [3.8, 4) is 11.3 Å². The minimum Gasteiger partial charge on any atom is -0.330 e. The second-order valence-corrected chi connectivity index (χ2v) is 6.08. The fourth-order valence-corrected chi connectivity index (χ4v) is 3.02. The minimum atomic E-state index is 0.0890. The minimum absolute atomic E-state index is 0.0890. The summed E-state index contributed by atoms with van der Waals surface area (Å²) in [4.78, 5) is 4.81. The topological polar surface area (TPSA) is 43.8 Å². The van der Waals surface area contributed by atoms with Crippen LogP contribution in [-0.4, -0.2) is 9.55 Å². The lowest BCUT2D eigenvalue weighted by atomic mass is 10.0. The van der Waals surface area contributed by atoms with E-state index in [0.29, 0.717) is 5.92 Å². The molecule has 0 radical (unpaired) electrons. The number of hydrogen-bond acceptors (Lipinski definition) is 2. The molecule has 0 saturated carbocycles. The number of nitrogens with two attached hydrogens (primary N) is 1. The molecule has 2 aromatic rings. The lowest BCUT2D eigenvalue weighted by Gasteiger charge is -2.20. The first-order valence-electron chi connectivity index (χ1n) is 7.51. The Kier molecular flexibility index (Phi) is 3.38. The van der Waals surface area contributed by atoms with Gasteiger partial charge in [0.05, 0.1) is 11.7 Å². The van der Waals surface area contributed by atoms with E-state index in [9.17, 15) is 0 Å². The van der Waals surface area contributed by atoms with Crippen molar-refractivity contribution < 1.29 is 0 Å². The molecule has 1 aliphatic rings. The van der Waals surface area contributed by atoms with Crippen molar-refractivity contribution in [2.45, 2.75) is 52.1 Å². The molecule has 3 nitrogen and oxygen atoms in total. The Morgan fingerprint density at radius 1 is 1.25 bits per heavy atom. The van der Waals surface area contributed by atoms with Gasteiger partial charge in [-0.25, -0.2) is 4.98 Å². The molecule has 2 heterocycles. The van der Waals surface area contributed by atoms with Crippen LogP contribution in [0.4, 0.5) is 0 Å². The second-order valence-electron chi connectivity index (χ2n) is 6.08. The molecule has 1 aromatic carbocycles. The lowest BCUT2D eigenvalue weighted by molar-refractivity contribution is 0.446. The number of imidazole rings is 1. The maximum atomic E-state index is 6.19. The third-order valence-electron chi connectivity index (χ3n) is 4.33. The van der Waals surface area contributed by atoms with Crippen LogP contribution in [0.1, 0.15) is 55.7 Å². The number of rotatable bonds is 2. The van der Waals surface area contributed by atoms with Crippen LogP contribution in [0.5, 0.6) is 0 Å². The molecule has 3 rings (SSSR count). The Labute approximate surface area is 120 Å². The smallest absolute Gasteiger partial charge is 0.126 e. The molecule has 20 heavy (non-hydrogen) atoms. The normalized spacial score (nSPS) is 18.4. The molecule has 0 saturated heterocycles. The van der Waals surface area contributed by atoms with Crippen LogP contribution in [0.3, 0.4) is 0 Å². The number of fused-ring (bicyclic) bond motifs is 1. The van der Waals surface area contributed by atoms with E-state index in [2.05, 4.69) is 49.6 Å². The van der Waals surface area contributed by atoms with Crippen molar-refractivity contribution in [2.24, 2.45) is 5.73 Å². The third kappa shape index (κ3) is 2.16. The van der Waals surface area contributed by atoms with Crippen LogP contribution < -0.4 is 5.73 Å². The summed E-state index contributed by atoms with van der Waals surface area (Å²) in [5.41, 5.74) is 11.1. The summed E-state index contributed by atoms with van der Waals surface area (Å²) < 4.78 is 2.29. The molecule has 0 fully saturated rings. The molecule has 0 spiro atoms. The Morgan fingerprint density at radius 3 is 2.55 bits per heavy atom. The molecule has 106 valence electrons. The fraction of sp³-hybridized carbons (Fsp3) is 0.471. The molecule has 1 unspecified atom stereocenters. The molecule has 2 N–H and O–H groups in total. The zero-order chi connectivity index (χ0) is 14.3. The Bertz CT molecular complexity index is 608. The van der Waals surface area contributed by atoms with Crippen molar-refractivity contribution in [3.63, 3.8) is 0 Å². The molecular formula is C17H23N3. The largest absolute Gasteiger partial charge is 0.330 e. The summed E-state index contributed by atoms with van der Waals surface area (Å²) >= 11 is 0. The summed E-state index contributed by atoms with van der Waals surface area (Å²) in [5.74, 6) is 1.62. The van der Waals surface area contributed by atoms with E-state index in [-0.39, 0.29) is 6.04 Å². The number of aromatic nitrogens is 2. The number of hydrogen-bond donors (Lipinski definition) is 1. The molecule has 1 aromatic heterocycles. The van der Waals surface area contributed by atoms with Crippen LogP contribution in [0.25, 0.3) is 11.3 Å². The van der Waals surface area contributed by atoms with Crippen molar-refractivity contribution in [2.75, 3.05) is 0 Å². The molecule has 3 heteroatoms. The molecule has 0 bridgehead atoms. The predicted molar refractivity (Wildman–Crippen MR) is 82.7 cm³/mol. The van der Waals surface area contributed by atoms with Gasteiger partial charge in [0.25, 0.3) is 0 Å². The standard InChI is InChI=1S/C17H23N3/c1-11(2)13-6-8-14(9-7-13)16-12(3)20-10-4-5-15(18)17(20)19-16/h6-9,11,15H,4-5,10,18H2,1-3H3. The second kappa shape index (κ2) is 5.06. The molecule has 0 amide bonds. The molecule has 0 aliphatic carbocycles. The van der Waals surface area contributed by atoms with Crippen LogP contribution in [0, 0.1) is 6.92 Å². The van der Waals surface area contributed by atoms with Crippen molar-refractivity contribution in [1.29, 1.82) is 0 Å². The summed E-state index contributed by atoms with van der Waals surface area (Å²) in [6.45, 7) is 7.63. The van der Waals surface area contributed by atoms with E-state index in [1.54, 1.807) is 0 Å². The fourth-order valence-electron chi connectivity index (χ4n) is 3.02. The van der Waals surface area contributed by atoms with E-state index in [1.807, 2.05) is 0 Å². The summed E-state index contributed by atoms with van der Waals surface area (Å²) in [7, 11) is 0. The highest BCUT2D eigenvalue weighted by Crippen LogP contribution is 2.31. The van der Waals surface area contributed by atoms with Crippen molar-refractivity contribution >= 4 is 0 Å². The van der Waals surface area contributed by atoms with E-state index >= 15 is 0 Å². The average Bonchev–Trinajstić information content (AvgIpc) is 2.78. The van der Waals surface area contributed by atoms with E-state index in [4.69, 9.17) is 10.7 Å². The Balaban J connectivity index is 2.02. The van der Waals surface area contributed by atoms with Gasteiger partial charge in [-0.1, -0.05) is 38.1 Å². The lowest BCUT2D eigenvalue weighted by Crippen LogP contribution is -2.22. The predicted octanol–water partition coefficient (Wildman–Crippen LogP) is 3.78. The maximum absolute atomic E-state index is 6.19. The van der Waals surface area contributed by atoms with E-state index in [1.165, 1.54) is 16.8 Å². The molecular weight excluding hydrogens is 246 g/mol. The van der Waals surface area contributed by atoms with Crippen LogP contribution in [0.2, 0.25) is 0 Å². The van der Waals surface area contributed by atoms with Gasteiger partial charge in [0.2, 0.25) is 0 Å². The first kappa shape index (κ1) is 13.4. The van der Waals surface area contributed by atoms with Gasteiger partial charge in [-0.15, -0.1) is 0 Å². The zero-order valence-electron chi connectivity index (χ0n) is 12.6. The van der Waals surface area contributed by atoms with Crippen LogP contribution in [0.15, 0.2) is 24.3 Å². The highest BCUT2D eigenvalue weighted by molar-refractivity contribution is 5.63. The van der Waals surface area contributed by atoms with E-state index < -0.39 is 0 Å². The Morgan fingerprint density at radius 2 is 1.95 bits per heavy atom. The number of nitrogens with zero attached hydrogens (tertiary/aromatic N) is 2. The summed E-state index contributed by atoms with van der Waals surface area (Å²) in [6, 6.07) is 8.87. The highest BCUT2D eigenvalue weighted by Gasteiger charge is 2.23. The first-order valence-corrected chi connectivity index (χ1v) is 7.51. The van der Waals surface area contributed by atoms with Crippen molar-refractivity contribution in [1.82, 2.24) is 9.55 Å². The monoisotopic (exact) mass is 269 g/mol. The zero-order valence-corrected chi connectivity index (χ0v) is 12.6.